The molecule has 1 unspecified atom stereocenters. The number of rotatable bonds is 10. The molecule has 9 heteroatoms. The zero-order chi connectivity index (χ0) is 25.4. The van der Waals surface area contributed by atoms with Crippen LogP contribution in [-0.2, 0) is 16.1 Å². The fourth-order valence-electron chi connectivity index (χ4n) is 3.32. The van der Waals surface area contributed by atoms with Gasteiger partial charge in [0.1, 0.15) is 11.9 Å². The van der Waals surface area contributed by atoms with Crippen LogP contribution in [0.4, 0.5) is 11.5 Å². The molecule has 2 aromatic carbocycles. The average Bonchev–Trinajstić information content (AvgIpc) is 2.84. The molecule has 1 heterocycles. The van der Waals surface area contributed by atoms with Crippen molar-refractivity contribution >= 4 is 52.7 Å². The van der Waals surface area contributed by atoms with E-state index in [-0.39, 0.29) is 22.0 Å². The number of methoxy groups -OCH3 is 1. The number of benzene rings is 2. The molecule has 0 bridgehead atoms. The summed E-state index contributed by atoms with van der Waals surface area (Å²) in [6.07, 6.45) is 5.36. The van der Waals surface area contributed by atoms with Crippen molar-refractivity contribution in [1.29, 1.82) is 0 Å². The summed E-state index contributed by atoms with van der Waals surface area (Å²) in [5.41, 5.74) is 2.88. The van der Waals surface area contributed by atoms with Crippen molar-refractivity contribution in [2.45, 2.75) is 19.1 Å². The summed E-state index contributed by atoms with van der Waals surface area (Å²) < 4.78 is 5.11. The first-order valence-corrected chi connectivity index (χ1v) is 11.5. The van der Waals surface area contributed by atoms with Crippen molar-refractivity contribution in [3.63, 3.8) is 0 Å². The highest BCUT2D eigenvalue weighted by atomic mass is 35.5. The Balaban J connectivity index is 1.62. The smallest absolute Gasteiger partial charge is 0.326 e. The van der Waals surface area contributed by atoms with Gasteiger partial charge in [0, 0.05) is 26.0 Å². The molecule has 1 aromatic heterocycles. The van der Waals surface area contributed by atoms with Crippen molar-refractivity contribution in [2.24, 2.45) is 0 Å². The van der Waals surface area contributed by atoms with Gasteiger partial charge >= 0.3 is 5.97 Å². The molecule has 2 N–H and O–H groups in total. The number of aliphatic carboxylic acids is 1. The fourth-order valence-corrected chi connectivity index (χ4v) is 3.88. The van der Waals surface area contributed by atoms with E-state index in [1.165, 1.54) is 12.1 Å². The number of hydrogen-bond donors (Lipinski definition) is 2. The summed E-state index contributed by atoms with van der Waals surface area (Å²) in [5, 5.41) is 12.3. The highest BCUT2D eigenvalue weighted by Gasteiger charge is 2.22. The molecule has 0 aliphatic carbocycles. The molecule has 182 valence electrons. The Hall–Kier alpha value is -3.39. The monoisotopic (exact) mass is 513 g/mol. The molecule has 0 radical (unpaired) electrons. The van der Waals surface area contributed by atoms with Gasteiger partial charge in [-0.3, -0.25) is 4.79 Å². The van der Waals surface area contributed by atoms with Crippen LogP contribution < -0.4 is 10.2 Å². The minimum Gasteiger partial charge on any atom is -0.480 e. The first-order chi connectivity index (χ1) is 16.8. The van der Waals surface area contributed by atoms with Gasteiger partial charge in [-0.25, -0.2) is 9.78 Å². The zero-order valence-electron chi connectivity index (χ0n) is 19.2. The minimum absolute atomic E-state index is 0.0496. The van der Waals surface area contributed by atoms with Crippen LogP contribution in [0.1, 0.15) is 27.9 Å². The van der Waals surface area contributed by atoms with Crippen molar-refractivity contribution in [3.8, 4) is 0 Å². The summed E-state index contributed by atoms with van der Waals surface area (Å²) in [6.45, 7) is 0.512. The molecule has 3 aromatic rings. The Morgan fingerprint density at radius 3 is 2.37 bits per heavy atom. The Morgan fingerprint density at radius 1 is 1.11 bits per heavy atom. The third kappa shape index (κ3) is 7.05. The molecule has 0 fully saturated rings. The number of aromatic nitrogens is 1. The van der Waals surface area contributed by atoms with Gasteiger partial charge in [0.15, 0.2) is 0 Å². The Labute approximate surface area is 214 Å². The van der Waals surface area contributed by atoms with Crippen LogP contribution in [0.3, 0.4) is 0 Å². The Morgan fingerprint density at radius 2 is 1.80 bits per heavy atom. The van der Waals surface area contributed by atoms with E-state index in [2.05, 4.69) is 10.3 Å². The van der Waals surface area contributed by atoms with Crippen molar-refractivity contribution in [1.82, 2.24) is 10.3 Å². The molecule has 1 amide bonds. The summed E-state index contributed by atoms with van der Waals surface area (Å²) in [7, 11) is 3.57. The van der Waals surface area contributed by atoms with Gasteiger partial charge in [-0.2, -0.15) is 0 Å². The second-order valence-corrected chi connectivity index (χ2v) is 8.52. The van der Waals surface area contributed by atoms with Crippen LogP contribution in [0, 0.1) is 0 Å². The fraction of sp³-hybridized carbons (Fsp3) is 0.192. The van der Waals surface area contributed by atoms with Crippen molar-refractivity contribution < 1.29 is 19.4 Å². The summed E-state index contributed by atoms with van der Waals surface area (Å²) >= 11 is 12.1. The molecule has 0 saturated heterocycles. The van der Waals surface area contributed by atoms with E-state index in [0.29, 0.717) is 6.61 Å². The van der Waals surface area contributed by atoms with E-state index in [0.717, 1.165) is 22.6 Å². The van der Waals surface area contributed by atoms with Gasteiger partial charge < -0.3 is 20.1 Å². The van der Waals surface area contributed by atoms with Crippen LogP contribution in [0.25, 0.3) is 6.08 Å². The SMILES string of the molecule is COCc1ccc(N(C)c2ccc(/C=C/CC(NC(=O)c3c(Cl)cccc3Cl)C(=O)O)cc2)nc1. The molecule has 1 atom stereocenters. The molecule has 0 saturated carbocycles. The number of pyridine rings is 1. The van der Waals surface area contributed by atoms with Crippen LogP contribution in [0.5, 0.6) is 0 Å². The maximum Gasteiger partial charge on any atom is 0.326 e. The topological polar surface area (TPSA) is 91.8 Å². The number of carbonyl (C=O) groups is 2. The maximum absolute atomic E-state index is 12.5. The van der Waals surface area contributed by atoms with Gasteiger partial charge in [-0.1, -0.05) is 59.6 Å². The van der Waals surface area contributed by atoms with Gasteiger partial charge in [-0.05, 0) is 47.9 Å². The first kappa shape index (κ1) is 26.2. The lowest BCUT2D eigenvalue weighted by Gasteiger charge is -2.18. The van der Waals surface area contributed by atoms with E-state index >= 15 is 0 Å². The quantitative estimate of drug-likeness (QED) is 0.367. The van der Waals surface area contributed by atoms with Crippen LogP contribution in [-0.4, -0.2) is 42.2 Å². The molecule has 7 nitrogen and oxygen atoms in total. The van der Waals surface area contributed by atoms with Crippen LogP contribution >= 0.6 is 23.2 Å². The van der Waals surface area contributed by atoms with Gasteiger partial charge in [-0.15, -0.1) is 0 Å². The Kier molecular flexibility index (Phi) is 9.25. The van der Waals surface area contributed by atoms with E-state index in [1.54, 1.807) is 31.5 Å². The third-order valence-electron chi connectivity index (χ3n) is 5.22. The molecule has 0 aliphatic heterocycles. The predicted octanol–water partition coefficient (Wildman–Crippen LogP) is 5.59. The number of amides is 1. The molecule has 0 spiro atoms. The summed E-state index contributed by atoms with van der Waals surface area (Å²) in [5.74, 6) is -1.00. The maximum atomic E-state index is 12.5. The van der Waals surface area contributed by atoms with E-state index < -0.39 is 17.9 Å². The third-order valence-corrected chi connectivity index (χ3v) is 5.85. The lowest BCUT2D eigenvalue weighted by molar-refractivity contribution is -0.139. The van der Waals surface area contributed by atoms with Crippen LogP contribution in [0.15, 0.2) is 66.9 Å². The zero-order valence-corrected chi connectivity index (χ0v) is 20.8. The molecule has 3 rings (SSSR count). The van der Waals surface area contributed by atoms with E-state index in [1.807, 2.05) is 48.3 Å². The van der Waals surface area contributed by atoms with Gasteiger partial charge in [0.25, 0.3) is 5.91 Å². The highest BCUT2D eigenvalue weighted by molar-refractivity contribution is 6.39. The van der Waals surface area contributed by atoms with Crippen LogP contribution in [0.2, 0.25) is 10.0 Å². The minimum atomic E-state index is -1.16. The molecular formula is C26H25Cl2N3O4. The van der Waals surface area contributed by atoms with Crippen molar-refractivity contribution in [3.05, 3.63) is 93.6 Å². The second kappa shape index (κ2) is 12.4. The van der Waals surface area contributed by atoms with Gasteiger partial charge in [0.05, 0.1) is 22.2 Å². The normalized spacial score (nSPS) is 11.9. The number of anilines is 2. The number of nitrogens with zero attached hydrogens (tertiary/aromatic N) is 2. The lowest BCUT2D eigenvalue weighted by atomic mass is 10.1. The number of carboxylic acid groups (broad SMARTS) is 1. The number of nitrogens with one attached hydrogen (secondary N) is 1. The molecule has 35 heavy (non-hydrogen) atoms. The molecule has 0 aliphatic rings. The Bertz CT molecular complexity index is 1180. The van der Waals surface area contributed by atoms with E-state index in [9.17, 15) is 14.7 Å². The number of hydrogen-bond acceptors (Lipinski definition) is 5. The number of halogens is 2. The largest absolute Gasteiger partial charge is 0.480 e. The van der Waals surface area contributed by atoms with E-state index in [4.69, 9.17) is 27.9 Å². The van der Waals surface area contributed by atoms with Gasteiger partial charge in [0.2, 0.25) is 0 Å². The highest BCUT2D eigenvalue weighted by Crippen LogP contribution is 2.25. The van der Waals surface area contributed by atoms with Crippen molar-refractivity contribution in [2.75, 3.05) is 19.1 Å². The lowest BCUT2D eigenvalue weighted by Crippen LogP contribution is -2.40. The standard InChI is InChI=1S/C26H25Cl2N3O4/c1-31(23-14-11-18(15-29-23)16-35-2)19-12-9-17(10-13-19)5-3-8-22(26(33)34)30-25(32)24-20(27)6-4-7-21(24)28/h3-7,9-15,22H,8,16H2,1-2H3,(H,30,32)(H,33,34)/b5-3+. The number of ether oxygens (including phenoxy) is 1. The molecular weight excluding hydrogens is 489 g/mol. The average molecular weight is 514 g/mol. The second-order valence-electron chi connectivity index (χ2n) is 7.71. The first-order valence-electron chi connectivity index (χ1n) is 10.7. The number of carbonyl (C=O) groups excluding carboxylic acids is 1. The number of carboxylic acids is 1. The summed E-state index contributed by atoms with van der Waals surface area (Å²) in [4.78, 5) is 30.6. The summed E-state index contributed by atoms with van der Waals surface area (Å²) in [6, 6.07) is 15.1. The predicted molar refractivity (Wildman–Crippen MR) is 138 cm³/mol.